The highest BCUT2D eigenvalue weighted by atomic mass is 79.9. The van der Waals surface area contributed by atoms with Crippen LogP contribution in [0.2, 0.25) is 0 Å². The highest BCUT2D eigenvalue weighted by molar-refractivity contribution is 9.09. The molecular weight excluding hydrogens is 324 g/mol. The average molecular weight is 335 g/mol. The minimum absolute atomic E-state index is 0.127. The molecule has 0 aromatic heterocycles. The smallest absolute Gasteiger partial charge is 0.0521 e. The van der Waals surface area contributed by atoms with Crippen LogP contribution in [-0.2, 0) is 4.74 Å². The lowest BCUT2D eigenvalue weighted by Gasteiger charge is -2.23. The van der Waals surface area contributed by atoms with Gasteiger partial charge in [0.15, 0.2) is 0 Å². The van der Waals surface area contributed by atoms with Gasteiger partial charge in [-0.15, -0.1) is 0 Å². The van der Waals surface area contributed by atoms with Crippen LogP contribution in [-0.4, -0.2) is 16.8 Å². The molecule has 15 heavy (non-hydrogen) atoms. The first kappa shape index (κ1) is 12.6. The van der Waals surface area contributed by atoms with Crippen molar-refractivity contribution in [3.05, 3.63) is 41.8 Å². The lowest BCUT2D eigenvalue weighted by atomic mass is 10.2. The van der Waals surface area contributed by atoms with Crippen molar-refractivity contribution in [2.75, 3.05) is 10.7 Å². The number of halogens is 2. The van der Waals surface area contributed by atoms with Gasteiger partial charge in [0.2, 0.25) is 0 Å². The molecular formula is C11H11Br2O2-. The molecule has 0 spiro atoms. The first-order valence-electron chi connectivity index (χ1n) is 4.48. The number of hydrogen-bond acceptors (Lipinski definition) is 2. The monoisotopic (exact) mass is 333 g/mol. The Morgan fingerprint density at radius 2 is 1.87 bits per heavy atom. The second kappa shape index (κ2) is 6.90. The van der Waals surface area contributed by atoms with E-state index in [2.05, 4.69) is 31.9 Å². The molecule has 4 heteroatoms. The zero-order valence-electron chi connectivity index (χ0n) is 8.03. The standard InChI is InChI=1S/C11H12Br2O2/c12-7-10(8-13)15-11(14)6-9-4-2-1-3-5-9/h1-6,10,14H,7-8H2/p-1/b11-6+. The summed E-state index contributed by atoms with van der Waals surface area (Å²) in [6, 6.07) is 9.39. The number of benzene rings is 1. The van der Waals surface area contributed by atoms with Gasteiger partial charge in [0, 0.05) is 16.8 Å². The third-order valence-electron chi connectivity index (χ3n) is 1.71. The maximum absolute atomic E-state index is 11.4. The lowest BCUT2D eigenvalue weighted by Crippen LogP contribution is -2.21. The summed E-state index contributed by atoms with van der Waals surface area (Å²) in [5.41, 5.74) is 0.852. The van der Waals surface area contributed by atoms with Crippen molar-refractivity contribution in [3.63, 3.8) is 0 Å². The predicted octanol–water partition coefficient (Wildman–Crippen LogP) is 2.52. The second-order valence-corrected chi connectivity index (χ2v) is 4.22. The molecule has 2 nitrogen and oxygen atoms in total. The first-order valence-corrected chi connectivity index (χ1v) is 6.73. The highest BCUT2D eigenvalue weighted by Gasteiger charge is 1.98. The summed E-state index contributed by atoms with van der Waals surface area (Å²) in [6.45, 7) is 0. The molecule has 1 aromatic carbocycles. The van der Waals surface area contributed by atoms with Crippen molar-refractivity contribution in [1.29, 1.82) is 0 Å². The highest BCUT2D eigenvalue weighted by Crippen LogP contribution is 2.08. The van der Waals surface area contributed by atoms with Crippen LogP contribution in [0.5, 0.6) is 0 Å². The van der Waals surface area contributed by atoms with Crippen molar-refractivity contribution >= 4 is 37.9 Å². The number of ether oxygens (including phenoxy) is 1. The topological polar surface area (TPSA) is 32.3 Å². The van der Waals surface area contributed by atoms with Crippen molar-refractivity contribution in [3.8, 4) is 0 Å². The molecule has 0 heterocycles. The third kappa shape index (κ3) is 4.71. The van der Waals surface area contributed by atoms with Gasteiger partial charge in [-0.1, -0.05) is 62.2 Å². The van der Waals surface area contributed by atoms with Gasteiger partial charge in [-0.25, -0.2) is 0 Å². The van der Waals surface area contributed by atoms with Crippen LogP contribution in [0, 0.1) is 0 Å². The van der Waals surface area contributed by atoms with E-state index in [1.807, 2.05) is 30.3 Å². The molecule has 0 saturated heterocycles. The van der Waals surface area contributed by atoms with E-state index in [1.165, 1.54) is 6.08 Å². The molecule has 1 rings (SSSR count). The molecule has 0 atom stereocenters. The summed E-state index contributed by atoms with van der Waals surface area (Å²) >= 11 is 6.54. The Kier molecular flexibility index (Phi) is 5.79. The Balaban J connectivity index is 2.60. The first-order chi connectivity index (χ1) is 7.26. The van der Waals surface area contributed by atoms with E-state index in [0.717, 1.165) is 5.56 Å². The molecule has 0 bridgehead atoms. The fraction of sp³-hybridized carbons (Fsp3) is 0.273. The van der Waals surface area contributed by atoms with E-state index >= 15 is 0 Å². The molecule has 0 unspecified atom stereocenters. The van der Waals surface area contributed by atoms with E-state index < -0.39 is 0 Å². The molecule has 0 aliphatic rings. The minimum Gasteiger partial charge on any atom is -0.608 e. The van der Waals surface area contributed by atoms with E-state index in [0.29, 0.717) is 10.7 Å². The number of alkyl halides is 2. The van der Waals surface area contributed by atoms with Crippen LogP contribution < -0.4 is 5.11 Å². The lowest BCUT2D eigenvalue weighted by molar-refractivity contribution is -0.358. The summed E-state index contributed by atoms with van der Waals surface area (Å²) in [5, 5.41) is 12.7. The Morgan fingerprint density at radius 3 is 2.40 bits per heavy atom. The van der Waals surface area contributed by atoms with E-state index in [-0.39, 0.29) is 12.0 Å². The summed E-state index contributed by atoms with van der Waals surface area (Å²) in [4.78, 5) is 0. The van der Waals surface area contributed by atoms with Gasteiger partial charge in [-0.2, -0.15) is 0 Å². The Bertz CT molecular complexity index is 308. The van der Waals surface area contributed by atoms with Gasteiger partial charge in [-0.3, -0.25) is 0 Å². The maximum Gasteiger partial charge on any atom is 0.0521 e. The quantitative estimate of drug-likeness (QED) is 0.612. The summed E-state index contributed by atoms with van der Waals surface area (Å²) in [5.74, 6) is -0.315. The second-order valence-electron chi connectivity index (χ2n) is 2.92. The Labute approximate surface area is 106 Å². The minimum atomic E-state index is -0.315. The predicted molar refractivity (Wildman–Crippen MR) is 66.9 cm³/mol. The summed E-state index contributed by atoms with van der Waals surface area (Å²) in [6.07, 6.45) is 1.36. The zero-order valence-corrected chi connectivity index (χ0v) is 11.2. The van der Waals surface area contributed by atoms with Crippen molar-refractivity contribution < 1.29 is 9.84 Å². The van der Waals surface area contributed by atoms with Crippen LogP contribution in [0.15, 0.2) is 36.3 Å². The largest absolute Gasteiger partial charge is 0.608 e. The molecule has 0 amide bonds. The molecule has 0 saturated carbocycles. The normalized spacial score (nSPS) is 11.8. The molecule has 1 aromatic rings. The number of rotatable bonds is 5. The molecule has 0 N–H and O–H groups in total. The summed E-state index contributed by atoms with van der Waals surface area (Å²) < 4.78 is 5.16. The maximum atomic E-state index is 11.4. The van der Waals surface area contributed by atoms with Crippen molar-refractivity contribution in [1.82, 2.24) is 0 Å². The van der Waals surface area contributed by atoms with E-state index in [1.54, 1.807) is 0 Å². The van der Waals surface area contributed by atoms with Gasteiger partial charge in [0.1, 0.15) is 0 Å². The van der Waals surface area contributed by atoms with Crippen molar-refractivity contribution in [2.45, 2.75) is 6.10 Å². The van der Waals surface area contributed by atoms with Crippen LogP contribution in [0.4, 0.5) is 0 Å². The number of hydrogen-bond donors (Lipinski definition) is 0. The van der Waals surface area contributed by atoms with Crippen LogP contribution in [0.25, 0.3) is 6.08 Å². The van der Waals surface area contributed by atoms with E-state index in [4.69, 9.17) is 4.74 Å². The third-order valence-corrected chi connectivity index (χ3v) is 3.16. The van der Waals surface area contributed by atoms with Crippen LogP contribution in [0.3, 0.4) is 0 Å². The molecule has 0 radical (unpaired) electrons. The fourth-order valence-electron chi connectivity index (χ4n) is 0.988. The van der Waals surface area contributed by atoms with E-state index in [9.17, 15) is 5.11 Å². The van der Waals surface area contributed by atoms with Gasteiger partial charge in [-0.05, 0) is 11.6 Å². The van der Waals surface area contributed by atoms with Gasteiger partial charge in [0.25, 0.3) is 0 Å². The summed E-state index contributed by atoms with van der Waals surface area (Å²) in [7, 11) is 0. The molecule has 0 aliphatic heterocycles. The molecule has 0 aliphatic carbocycles. The Morgan fingerprint density at radius 1 is 1.27 bits per heavy atom. The van der Waals surface area contributed by atoms with Crippen LogP contribution >= 0.6 is 31.9 Å². The van der Waals surface area contributed by atoms with Gasteiger partial charge < -0.3 is 9.84 Å². The molecule has 0 fully saturated rings. The van der Waals surface area contributed by atoms with Crippen molar-refractivity contribution in [2.24, 2.45) is 0 Å². The zero-order chi connectivity index (χ0) is 11.1. The average Bonchev–Trinajstić information content (AvgIpc) is 2.27. The molecule has 82 valence electrons. The van der Waals surface area contributed by atoms with Gasteiger partial charge >= 0.3 is 0 Å². The fourth-order valence-corrected chi connectivity index (χ4v) is 2.32. The van der Waals surface area contributed by atoms with Crippen LogP contribution in [0.1, 0.15) is 5.56 Å². The van der Waals surface area contributed by atoms with Gasteiger partial charge in [0.05, 0.1) is 5.95 Å². The Hall–Kier alpha value is -0.480. The SMILES string of the molecule is [O-]/C(=C\c1ccccc1)OC(CBr)CBr.